The molecule has 0 atom stereocenters. The maximum Gasteiger partial charge on any atom is 0.311 e. The standard InChI is InChI=1S/C13H20N2O4/c1-10(2)14(6-7-16)9-11-4-5-13(19-3)12(8-11)15(17)18/h4-5,8,10,16H,6-7,9H2,1-3H3. The fourth-order valence-corrected chi connectivity index (χ4v) is 1.86. The first kappa shape index (κ1) is 15.4. The number of benzene rings is 1. The van der Waals surface area contributed by atoms with Crippen LogP contribution < -0.4 is 4.74 Å². The number of nitro groups is 1. The van der Waals surface area contributed by atoms with Gasteiger partial charge in [-0.05, 0) is 25.5 Å². The zero-order valence-electron chi connectivity index (χ0n) is 11.5. The molecule has 0 aliphatic rings. The normalized spacial score (nSPS) is 11.1. The summed E-state index contributed by atoms with van der Waals surface area (Å²) in [7, 11) is 1.41. The molecule has 0 amide bonds. The SMILES string of the molecule is COc1ccc(CN(CCO)C(C)C)cc1[N+](=O)[O-]. The number of hydrogen-bond acceptors (Lipinski definition) is 5. The zero-order valence-corrected chi connectivity index (χ0v) is 11.5. The van der Waals surface area contributed by atoms with Crippen molar-refractivity contribution in [3.8, 4) is 5.75 Å². The number of ether oxygens (including phenoxy) is 1. The Balaban J connectivity index is 2.95. The van der Waals surface area contributed by atoms with Crippen molar-refractivity contribution >= 4 is 5.69 Å². The highest BCUT2D eigenvalue weighted by Gasteiger charge is 2.17. The van der Waals surface area contributed by atoms with Crippen molar-refractivity contribution in [1.29, 1.82) is 0 Å². The summed E-state index contributed by atoms with van der Waals surface area (Å²) in [5.41, 5.74) is 0.794. The van der Waals surface area contributed by atoms with Crippen molar-refractivity contribution in [1.82, 2.24) is 4.90 Å². The van der Waals surface area contributed by atoms with Crippen LogP contribution in [0.25, 0.3) is 0 Å². The lowest BCUT2D eigenvalue weighted by Crippen LogP contribution is -2.32. The van der Waals surface area contributed by atoms with Crippen LogP contribution in [0.4, 0.5) is 5.69 Å². The number of rotatable bonds is 7. The van der Waals surface area contributed by atoms with Crippen LogP contribution in [0.3, 0.4) is 0 Å². The van der Waals surface area contributed by atoms with Gasteiger partial charge in [0.05, 0.1) is 18.6 Å². The number of methoxy groups -OCH3 is 1. The van der Waals surface area contributed by atoms with Crippen LogP contribution in [-0.2, 0) is 6.54 Å². The Kier molecular flexibility index (Phi) is 5.72. The molecule has 106 valence electrons. The molecule has 1 N–H and O–H groups in total. The minimum Gasteiger partial charge on any atom is -0.490 e. The van der Waals surface area contributed by atoms with E-state index >= 15 is 0 Å². The highest BCUT2D eigenvalue weighted by molar-refractivity contribution is 5.48. The van der Waals surface area contributed by atoms with Crippen LogP contribution in [-0.4, -0.2) is 41.2 Å². The van der Waals surface area contributed by atoms with E-state index in [9.17, 15) is 10.1 Å². The molecule has 0 saturated carbocycles. The lowest BCUT2D eigenvalue weighted by Gasteiger charge is -2.25. The van der Waals surface area contributed by atoms with Crippen LogP contribution in [0.1, 0.15) is 19.4 Å². The molecule has 1 rings (SSSR count). The summed E-state index contributed by atoms with van der Waals surface area (Å²) in [5.74, 6) is 0.256. The molecule has 6 heteroatoms. The van der Waals surface area contributed by atoms with Crippen molar-refractivity contribution in [3.63, 3.8) is 0 Å². The van der Waals surface area contributed by atoms with E-state index in [1.165, 1.54) is 13.2 Å². The summed E-state index contributed by atoms with van der Waals surface area (Å²) >= 11 is 0. The Hall–Kier alpha value is -1.66. The van der Waals surface area contributed by atoms with Crippen molar-refractivity contribution in [2.45, 2.75) is 26.4 Å². The van der Waals surface area contributed by atoms with Gasteiger partial charge >= 0.3 is 5.69 Å². The summed E-state index contributed by atoms with van der Waals surface area (Å²) < 4.78 is 4.97. The van der Waals surface area contributed by atoms with Gasteiger partial charge in [-0.2, -0.15) is 0 Å². The fraction of sp³-hybridized carbons (Fsp3) is 0.538. The van der Waals surface area contributed by atoms with E-state index in [-0.39, 0.29) is 24.1 Å². The first-order valence-corrected chi connectivity index (χ1v) is 6.15. The van der Waals surface area contributed by atoms with Crippen molar-refractivity contribution in [3.05, 3.63) is 33.9 Å². The topological polar surface area (TPSA) is 75.8 Å². The number of nitro benzene ring substituents is 1. The van der Waals surface area contributed by atoms with E-state index in [2.05, 4.69) is 0 Å². The Morgan fingerprint density at radius 2 is 2.16 bits per heavy atom. The van der Waals surface area contributed by atoms with Gasteiger partial charge in [0.15, 0.2) is 5.75 Å². The summed E-state index contributed by atoms with van der Waals surface area (Å²) in [5, 5.41) is 20.0. The van der Waals surface area contributed by atoms with Gasteiger partial charge in [0.25, 0.3) is 0 Å². The second-order valence-corrected chi connectivity index (χ2v) is 4.55. The van der Waals surface area contributed by atoms with Gasteiger partial charge in [0.1, 0.15) is 0 Å². The predicted octanol–water partition coefficient (Wildman–Crippen LogP) is 1.81. The van der Waals surface area contributed by atoms with E-state index in [1.807, 2.05) is 18.7 Å². The van der Waals surface area contributed by atoms with E-state index in [0.717, 1.165) is 5.56 Å². The highest BCUT2D eigenvalue weighted by Crippen LogP contribution is 2.28. The van der Waals surface area contributed by atoms with Crippen molar-refractivity contribution in [2.75, 3.05) is 20.3 Å². The lowest BCUT2D eigenvalue weighted by atomic mass is 10.1. The third-order valence-corrected chi connectivity index (χ3v) is 2.94. The fourth-order valence-electron chi connectivity index (χ4n) is 1.86. The number of aliphatic hydroxyl groups excluding tert-OH is 1. The molecular formula is C13H20N2O4. The average molecular weight is 268 g/mol. The Bertz CT molecular complexity index is 435. The minimum absolute atomic E-state index is 0.0345. The molecule has 0 saturated heterocycles. The molecule has 0 heterocycles. The van der Waals surface area contributed by atoms with Crippen molar-refractivity contribution in [2.24, 2.45) is 0 Å². The summed E-state index contributed by atoms with van der Waals surface area (Å²) in [4.78, 5) is 12.5. The lowest BCUT2D eigenvalue weighted by molar-refractivity contribution is -0.385. The summed E-state index contributed by atoms with van der Waals surface area (Å²) in [6, 6.07) is 5.18. The number of hydrogen-bond donors (Lipinski definition) is 1. The summed E-state index contributed by atoms with van der Waals surface area (Å²) in [6.07, 6.45) is 0. The van der Waals surface area contributed by atoms with Gasteiger partial charge in [-0.1, -0.05) is 6.07 Å². The molecule has 1 aromatic carbocycles. The molecule has 0 aliphatic heterocycles. The maximum absolute atomic E-state index is 11.0. The van der Waals surface area contributed by atoms with Gasteiger partial charge in [0, 0.05) is 25.2 Å². The Labute approximate surface area is 112 Å². The van der Waals surface area contributed by atoms with Crippen LogP contribution in [0, 0.1) is 10.1 Å². The molecule has 0 radical (unpaired) electrons. The van der Waals surface area contributed by atoms with Crippen LogP contribution in [0.2, 0.25) is 0 Å². The first-order valence-electron chi connectivity index (χ1n) is 6.15. The molecule has 0 spiro atoms. The van der Waals surface area contributed by atoms with E-state index in [4.69, 9.17) is 9.84 Å². The Morgan fingerprint density at radius 1 is 1.47 bits per heavy atom. The molecule has 0 aliphatic carbocycles. The van der Waals surface area contributed by atoms with Gasteiger partial charge in [-0.3, -0.25) is 15.0 Å². The predicted molar refractivity (Wildman–Crippen MR) is 72.3 cm³/mol. The largest absolute Gasteiger partial charge is 0.490 e. The third kappa shape index (κ3) is 4.18. The van der Waals surface area contributed by atoms with Gasteiger partial charge in [-0.15, -0.1) is 0 Å². The second-order valence-electron chi connectivity index (χ2n) is 4.55. The molecule has 0 bridgehead atoms. The van der Waals surface area contributed by atoms with Crippen molar-refractivity contribution < 1.29 is 14.8 Å². The summed E-state index contributed by atoms with van der Waals surface area (Å²) in [6.45, 7) is 5.21. The average Bonchev–Trinajstić information content (AvgIpc) is 2.37. The first-order chi connectivity index (χ1) is 8.99. The van der Waals surface area contributed by atoms with E-state index < -0.39 is 4.92 Å². The molecular weight excluding hydrogens is 248 g/mol. The van der Waals surface area contributed by atoms with E-state index in [1.54, 1.807) is 12.1 Å². The van der Waals surface area contributed by atoms with Gasteiger partial charge < -0.3 is 9.84 Å². The molecule has 19 heavy (non-hydrogen) atoms. The molecule has 6 nitrogen and oxygen atoms in total. The third-order valence-electron chi connectivity index (χ3n) is 2.94. The molecule has 0 aromatic heterocycles. The van der Waals surface area contributed by atoms with Gasteiger partial charge in [-0.25, -0.2) is 0 Å². The maximum atomic E-state index is 11.0. The van der Waals surface area contributed by atoms with Crippen LogP contribution >= 0.6 is 0 Å². The molecule has 1 aromatic rings. The van der Waals surface area contributed by atoms with Crippen LogP contribution in [0.15, 0.2) is 18.2 Å². The van der Waals surface area contributed by atoms with Crippen LogP contribution in [0.5, 0.6) is 5.75 Å². The zero-order chi connectivity index (χ0) is 14.4. The second kappa shape index (κ2) is 7.06. The molecule has 0 fully saturated rings. The Morgan fingerprint density at radius 3 is 2.63 bits per heavy atom. The molecule has 0 unspecified atom stereocenters. The van der Waals surface area contributed by atoms with Gasteiger partial charge in [0.2, 0.25) is 0 Å². The minimum atomic E-state index is -0.450. The monoisotopic (exact) mass is 268 g/mol. The number of aliphatic hydroxyl groups is 1. The quantitative estimate of drug-likeness (QED) is 0.603. The number of nitrogens with zero attached hydrogens (tertiary/aromatic N) is 2. The van der Waals surface area contributed by atoms with E-state index in [0.29, 0.717) is 13.1 Å². The smallest absolute Gasteiger partial charge is 0.311 e. The highest BCUT2D eigenvalue weighted by atomic mass is 16.6.